The molecule has 4 N–H and O–H groups in total. The highest BCUT2D eigenvalue weighted by molar-refractivity contribution is 6.38. The highest BCUT2D eigenvalue weighted by Crippen LogP contribution is 2.46. The minimum absolute atomic E-state index is 0.186. The highest BCUT2D eigenvalue weighted by Gasteiger charge is 2.26. The van der Waals surface area contributed by atoms with Gasteiger partial charge < -0.3 is 11.5 Å². The fraction of sp³-hybridized carbons (Fsp3) is 0.520. The molecule has 0 heterocycles. The smallest absolute Gasteiger partial charge is 0.0511 e. The number of halogens is 3. The van der Waals surface area contributed by atoms with Crippen LogP contribution in [-0.4, -0.2) is 0 Å². The van der Waals surface area contributed by atoms with Gasteiger partial charge in [0.15, 0.2) is 0 Å². The van der Waals surface area contributed by atoms with Crippen LogP contribution in [0.4, 0.5) is 11.4 Å². The van der Waals surface area contributed by atoms with E-state index in [0.717, 1.165) is 39.1 Å². The van der Waals surface area contributed by atoms with Crippen LogP contribution in [0.25, 0.3) is 0 Å². The van der Waals surface area contributed by atoms with Crippen molar-refractivity contribution in [3.05, 3.63) is 54.5 Å². The van der Waals surface area contributed by atoms with Gasteiger partial charge in [-0.3, -0.25) is 0 Å². The normalized spacial score (nSPS) is 12.1. The molecule has 0 bridgehead atoms. The van der Waals surface area contributed by atoms with Gasteiger partial charge in [-0.15, -0.1) is 0 Å². The third-order valence-corrected chi connectivity index (χ3v) is 7.06. The Morgan fingerprint density at radius 1 is 0.633 bits per heavy atom. The molecule has 0 aromatic heterocycles. The molecule has 0 aliphatic rings. The van der Waals surface area contributed by atoms with Gasteiger partial charge in [-0.25, -0.2) is 0 Å². The highest BCUT2D eigenvalue weighted by atomic mass is 35.5. The third-order valence-electron chi connectivity index (χ3n) is 5.75. The zero-order chi connectivity index (χ0) is 23.1. The van der Waals surface area contributed by atoms with Crippen molar-refractivity contribution in [2.24, 2.45) is 0 Å². The minimum Gasteiger partial charge on any atom is -0.398 e. The van der Waals surface area contributed by atoms with Crippen LogP contribution >= 0.6 is 34.8 Å². The van der Waals surface area contributed by atoms with Gasteiger partial charge in [0.2, 0.25) is 0 Å². The van der Waals surface area contributed by atoms with E-state index in [0.29, 0.717) is 27.2 Å². The Morgan fingerprint density at radius 2 is 1.03 bits per heavy atom. The Morgan fingerprint density at radius 3 is 1.40 bits per heavy atom. The zero-order valence-electron chi connectivity index (χ0n) is 19.4. The van der Waals surface area contributed by atoms with E-state index in [4.69, 9.17) is 46.3 Å². The van der Waals surface area contributed by atoms with Crippen LogP contribution < -0.4 is 11.5 Å². The van der Waals surface area contributed by atoms with Gasteiger partial charge in [0.25, 0.3) is 0 Å². The standard InChI is InChI=1S/C25H35Cl3N2/c1-11(2)16-9-15(21(26)18(12(3)4)24(16)29)10-17-22(27)19(13(5)6)25(30)20(14(7)8)23(17)28/h9,11-14H,10,29-30H2,1-8H3. The topological polar surface area (TPSA) is 52.0 Å². The number of hydrogen-bond donors (Lipinski definition) is 2. The lowest BCUT2D eigenvalue weighted by Gasteiger charge is -2.25. The van der Waals surface area contributed by atoms with Crippen molar-refractivity contribution >= 4 is 46.2 Å². The van der Waals surface area contributed by atoms with Crippen molar-refractivity contribution < 1.29 is 0 Å². The summed E-state index contributed by atoms with van der Waals surface area (Å²) in [6.07, 6.45) is 0.538. The molecular formula is C25H35Cl3N2. The number of nitrogen functional groups attached to an aromatic ring is 2. The van der Waals surface area contributed by atoms with Crippen LogP contribution in [0.5, 0.6) is 0 Å². The fourth-order valence-corrected chi connectivity index (χ4v) is 5.68. The van der Waals surface area contributed by atoms with Crippen molar-refractivity contribution in [1.82, 2.24) is 0 Å². The monoisotopic (exact) mass is 468 g/mol. The predicted molar refractivity (Wildman–Crippen MR) is 136 cm³/mol. The molecule has 0 aliphatic carbocycles. The molecule has 0 spiro atoms. The Kier molecular flexibility index (Phi) is 8.05. The lowest BCUT2D eigenvalue weighted by Crippen LogP contribution is -2.10. The minimum atomic E-state index is 0.186. The van der Waals surface area contributed by atoms with Crippen molar-refractivity contribution in [3.8, 4) is 0 Å². The first-order chi connectivity index (χ1) is 13.8. The summed E-state index contributed by atoms with van der Waals surface area (Å²) in [5.74, 6) is 0.869. The van der Waals surface area contributed by atoms with Crippen LogP contribution in [0.15, 0.2) is 6.07 Å². The summed E-state index contributed by atoms with van der Waals surface area (Å²) in [7, 11) is 0. The fourth-order valence-electron chi connectivity index (χ4n) is 4.22. The van der Waals surface area contributed by atoms with E-state index in [2.05, 4.69) is 61.5 Å². The second-order valence-corrected chi connectivity index (χ2v) is 10.5. The SMILES string of the molecule is CC(C)c1cc(Cc2c(Cl)c(C(C)C)c(N)c(C(C)C)c2Cl)c(Cl)c(C(C)C)c1N. The molecule has 166 valence electrons. The van der Waals surface area contributed by atoms with E-state index in [1.807, 2.05) is 0 Å². The van der Waals surface area contributed by atoms with Gasteiger partial charge in [-0.1, -0.05) is 96.3 Å². The van der Waals surface area contributed by atoms with Gasteiger partial charge in [-0.2, -0.15) is 0 Å². The molecule has 30 heavy (non-hydrogen) atoms. The Bertz CT molecular complexity index is 909. The van der Waals surface area contributed by atoms with E-state index in [1.54, 1.807) is 0 Å². The average molecular weight is 470 g/mol. The van der Waals surface area contributed by atoms with Crippen LogP contribution in [0.3, 0.4) is 0 Å². The zero-order valence-corrected chi connectivity index (χ0v) is 21.7. The predicted octanol–water partition coefficient (Wildman–Crippen LogP) is 8.90. The first-order valence-corrected chi connectivity index (χ1v) is 11.8. The summed E-state index contributed by atoms with van der Waals surface area (Å²) in [4.78, 5) is 0. The van der Waals surface area contributed by atoms with Crippen LogP contribution in [-0.2, 0) is 6.42 Å². The lowest BCUT2D eigenvalue weighted by atomic mass is 9.86. The summed E-state index contributed by atoms with van der Waals surface area (Å²) in [5, 5.41) is 1.98. The number of anilines is 2. The summed E-state index contributed by atoms with van der Waals surface area (Å²) < 4.78 is 0. The Balaban J connectivity index is 2.83. The number of hydrogen-bond acceptors (Lipinski definition) is 2. The molecule has 2 rings (SSSR count). The summed E-state index contributed by atoms with van der Waals surface area (Å²) in [6, 6.07) is 2.11. The maximum Gasteiger partial charge on any atom is 0.0511 e. The van der Waals surface area contributed by atoms with Gasteiger partial charge in [0.1, 0.15) is 0 Å². The molecular weight excluding hydrogens is 435 g/mol. The van der Waals surface area contributed by atoms with Gasteiger partial charge in [0.05, 0.1) is 10.0 Å². The second kappa shape index (κ2) is 9.59. The second-order valence-electron chi connectivity index (χ2n) is 9.41. The molecule has 2 nitrogen and oxygen atoms in total. The molecule has 0 amide bonds. The summed E-state index contributed by atoms with van der Waals surface area (Å²) in [5.41, 5.74) is 20.4. The van der Waals surface area contributed by atoms with E-state index < -0.39 is 0 Å². The quantitative estimate of drug-likeness (QED) is 0.415. The molecule has 0 atom stereocenters. The third kappa shape index (κ3) is 4.56. The Labute approximate surface area is 197 Å². The molecule has 0 saturated heterocycles. The largest absolute Gasteiger partial charge is 0.398 e. The molecule has 0 unspecified atom stereocenters. The van der Waals surface area contributed by atoms with Gasteiger partial charge >= 0.3 is 0 Å². The maximum atomic E-state index is 6.90. The van der Waals surface area contributed by atoms with Crippen LogP contribution in [0.2, 0.25) is 15.1 Å². The molecule has 2 aromatic rings. The van der Waals surface area contributed by atoms with Crippen molar-refractivity contribution in [2.45, 2.75) is 85.5 Å². The van der Waals surface area contributed by atoms with E-state index in [1.165, 1.54) is 0 Å². The maximum absolute atomic E-state index is 6.90. The molecule has 0 fully saturated rings. The number of rotatable bonds is 6. The van der Waals surface area contributed by atoms with Crippen LogP contribution in [0.1, 0.15) is 112 Å². The molecule has 0 radical (unpaired) electrons. The molecule has 5 heteroatoms. The van der Waals surface area contributed by atoms with Gasteiger partial charge in [0, 0.05) is 22.8 Å². The van der Waals surface area contributed by atoms with E-state index in [9.17, 15) is 0 Å². The lowest BCUT2D eigenvalue weighted by molar-refractivity contribution is 0.829. The Hall–Kier alpha value is -1.09. The number of benzene rings is 2. The van der Waals surface area contributed by atoms with Gasteiger partial charge in [-0.05, 0) is 57.1 Å². The van der Waals surface area contributed by atoms with Crippen molar-refractivity contribution in [2.75, 3.05) is 11.5 Å². The first kappa shape index (κ1) is 25.2. The first-order valence-electron chi connectivity index (χ1n) is 10.7. The van der Waals surface area contributed by atoms with E-state index in [-0.39, 0.29) is 23.7 Å². The van der Waals surface area contributed by atoms with Crippen LogP contribution in [0, 0.1) is 0 Å². The van der Waals surface area contributed by atoms with Crippen molar-refractivity contribution in [1.29, 1.82) is 0 Å². The van der Waals surface area contributed by atoms with E-state index >= 15 is 0 Å². The summed E-state index contributed by atoms with van der Waals surface area (Å²) in [6.45, 7) is 16.9. The number of nitrogens with two attached hydrogens (primary N) is 2. The molecule has 2 aromatic carbocycles. The molecule has 0 saturated carbocycles. The summed E-state index contributed by atoms with van der Waals surface area (Å²) >= 11 is 20.7. The van der Waals surface area contributed by atoms with Crippen molar-refractivity contribution in [3.63, 3.8) is 0 Å². The average Bonchev–Trinajstić information content (AvgIpc) is 2.58. The molecule has 0 aliphatic heterocycles.